The summed E-state index contributed by atoms with van der Waals surface area (Å²) in [4.78, 5) is 32.3. The van der Waals surface area contributed by atoms with Crippen LogP contribution < -0.4 is 9.47 Å². The number of hydrogen-bond donors (Lipinski definition) is 1. The molecule has 2 atom stereocenters. The highest BCUT2D eigenvalue weighted by Crippen LogP contribution is 2.42. The van der Waals surface area contributed by atoms with Crippen molar-refractivity contribution in [3.63, 3.8) is 0 Å². The number of amides is 1. The number of ether oxygens (including phenoxy) is 2. The molecule has 1 fully saturated rings. The number of Topliss-reactive ketones (excluding diaryl/α,β-unsaturated/α-hetero) is 1. The van der Waals surface area contributed by atoms with Crippen LogP contribution in [-0.4, -0.2) is 39.4 Å². The summed E-state index contributed by atoms with van der Waals surface area (Å²) in [6.07, 6.45) is 6.00. The minimum atomic E-state index is -0.772. The number of carbonyl (C=O) groups is 2. The van der Waals surface area contributed by atoms with Crippen LogP contribution >= 0.6 is 0 Å². The molecule has 190 valence electrons. The Labute approximate surface area is 216 Å². The summed E-state index contributed by atoms with van der Waals surface area (Å²) in [6.45, 7) is 4.86. The number of aromatic nitrogens is 1. The van der Waals surface area contributed by atoms with E-state index in [1.54, 1.807) is 24.5 Å². The summed E-state index contributed by atoms with van der Waals surface area (Å²) in [6, 6.07) is 15.6. The summed E-state index contributed by atoms with van der Waals surface area (Å²) in [7, 11) is 0. The molecule has 0 saturated carbocycles. The van der Waals surface area contributed by atoms with Crippen LogP contribution in [0.4, 0.5) is 0 Å². The molecular weight excluding hydrogens is 468 g/mol. The SMILES string of the molecule is CCCCOc1cccc([C@H]2/C(=C(\O)c3ccc4c(c3)C[C@@H](C)O4)C(=O)C(=O)N2Cc2ccncc2)c1. The molecule has 5 rings (SSSR count). The van der Waals surface area contributed by atoms with Crippen LogP contribution in [0, 0.1) is 0 Å². The maximum Gasteiger partial charge on any atom is 0.295 e. The second-order valence-corrected chi connectivity index (χ2v) is 9.51. The van der Waals surface area contributed by atoms with Gasteiger partial charge in [0.15, 0.2) is 0 Å². The van der Waals surface area contributed by atoms with Gasteiger partial charge in [-0.3, -0.25) is 14.6 Å². The predicted molar refractivity (Wildman–Crippen MR) is 139 cm³/mol. The van der Waals surface area contributed by atoms with Crippen LogP contribution in [0.15, 0.2) is 72.6 Å². The second kappa shape index (κ2) is 10.5. The molecule has 0 radical (unpaired) electrons. The van der Waals surface area contributed by atoms with Crippen molar-refractivity contribution in [3.8, 4) is 11.5 Å². The monoisotopic (exact) mass is 498 g/mol. The molecule has 0 spiro atoms. The van der Waals surface area contributed by atoms with Crippen molar-refractivity contribution < 1.29 is 24.2 Å². The number of carbonyl (C=O) groups excluding carboxylic acids is 2. The highest BCUT2D eigenvalue weighted by molar-refractivity contribution is 6.46. The molecule has 2 aromatic carbocycles. The molecule has 0 bridgehead atoms. The first-order valence-electron chi connectivity index (χ1n) is 12.7. The maximum absolute atomic E-state index is 13.4. The van der Waals surface area contributed by atoms with Crippen molar-refractivity contribution in [1.29, 1.82) is 0 Å². The van der Waals surface area contributed by atoms with Gasteiger partial charge in [0.2, 0.25) is 0 Å². The number of pyridine rings is 1. The Morgan fingerprint density at radius 2 is 1.95 bits per heavy atom. The van der Waals surface area contributed by atoms with Gasteiger partial charge < -0.3 is 19.5 Å². The number of aliphatic hydroxyl groups is 1. The lowest BCUT2D eigenvalue weighted by atomic mass is 9.94. The van der Waals surface area contributed by atoms with Gasteiger partial charge in [-0.1, -0.05) is 25.5 Å². The average Bonchev–Trinajstić information content (AvgIpc) is 3.40. The van der Waals surface area contributed by atoms with Crippen LogP contribution in [0.5, 0.6) is 11.5 Å². The maximum atomic E-state index is 13.4. The Kier molecular flexibility index (Phi) is 6.95. The van der Waals surface area contributed by atoms with E-state index >= 15 is 0 Å². The van der Waals surface area contributed by atoms with Crippen molar-refractivity contribution >= 4 is 17.4 Å². The van der Waals surface area contributed by atoms with Crippen molar-refractivity contribution in [1.82, 2.24) is 9.88 Å². The van der Waals surface area contributed by atoms with E-state index in [-0.39, 0.29) is 24.0 Å². The Balaban J connectivity index is 1.59. The van der Waals surface area contributed by atoms with E-state index in [1.807, 2.05) is 49.4 Å². The number of rotatable bonds is 8. The van der Waals surface area contributed by atoms with E-state index in [4.69, 9.17) is 9.47 Å². The lowest BCUT2D eigenvalue weighted by molar-refractivity contribution is -0.140. The van der Waals surface area contributed by atoms with Gasteiger partial charge in [-0.05, 0) is 72.5 Å². The summed E-state index contributed by atoms with van der Waals surface area (Å²) in [5, 5.41) is 11.5. The molecule has 2 aliphatic heterocycles. The number of aliphatic hydroxyl groups excluding tert-OH is 1. The molecule has 0 aliphatic carbocycles. The minimum Gasteiger partial charge on any atom is -0.507 e. The largest absolute Gasteiger partial charge is 0.507 e. The first kappa shape index (κ1) is 24.6. The van der Waals surface area contributed by atoms with E-state index in [2.05, 4.69) is 11.9 Å². The van der Waals surface area contributed by atoms with Gasteiger partial charge in [-0.25, -0.2) is 0 Å². The van der Waals surface area contributed by atoms with E-state index in [1.165, 1.54) is 4.90 Å². The molecule has 1 N–H and O–H groups in total. The molecule has 3 heterocycles. The molecule has 2 aliphatic rings. The molecule has 7 nitrogen and oxygen atoms in total. The number of benzene rings is 2. The van der Waals surface area contributed by atoms with Crippen LogP contribution in [0.1, 0.15) is 55.0 Å². The van der Waals surface area contributed by atoms with Crippen molar-refractivity contribution in [2.24, 2.45) is 0 Å². The third-order valence-corrected chi connectivity index (χ3v) is 6.75. The van der Waals surface area contributed by atoms with Gasteiger partial charge in [-0.2, -0.15) is 0 Å². The van der Waals surface area contributed by atoms with Gasteiger partial charge in [0, 0.05) is 30.9 Å². The number of unbranched alkanes of at least 4 members (excludes halogenated alkanes) is 1. The van der Waals surface area contributed by atoms with Gasteiger partial charge in [0.1, 0.15) is 23.4 Å². The minimum absolute atomic E-state index is 0.0498. The Morgan fingerprint density at radius 1 is 1.14 bits per heavy atom. The first-order chi connectivity index (χ1) is 18.0. The lowest BCUT2D eigenvalue weighted by Crippen LogP contribution is -2.29. The normalized spacial score (nSPS) is 20.1. The second-order valence-electron chi connectivity index (χ2n) is 9.51. The lowest BCUT2D eigenvalue weighted by Gasteiger charge is -2.26. The van der Waals surface area contributed by atoms with Gasteiger partial charge in [-0.15, -0.1) is 0 Å². The van der Waals surface area contributed by atoms with Crippen molar-refractivity contribution in [2.45, 2.75) is 51.8 Å². The zero-order valence-corrected chi connectivity index (χ0v) is 21.0. The van der Waals surface area contributed by atoms with E-state index in [0.717, 1.165) is 29.7 Å². The molecule has 3 aromatic rings. The van der Waals surface area contributed by atoms with Crippen LogP contribution in [0.25, 0.3) is 5.76 Å². The predicted octanol–water partition coefficient (Wildman–Crippen LogP) is 5.21. The smallest absolute Gasteiger partial charge is 0.295 e. The third-order valence-electron chi connectivity index (χ3n) is 6.75. The van der Waals surface area contributed by atoms with Gasteiger partial charge in [0.05, 0.1) is 18.2 Å². The first-order valence-corrected chi connectivity index (χ1v) is 12.7. The third kappa shape index (κ3) is 4.94. The Bertz CT molecular complexity index is 1350. The fraction of sp³-hybridized carbons (Fsp3) is 0.300. The molecule has 1 aromatic heterocycles. The van der Waals surface area contributed by atoms with Crippen molar-refractivity contribution in [2.75, 3.05) is 6.61 Å². The number of likely N-dealkylation sites (tertiary alicyclic amines) is 1. The quantitative estimate of drug-likeness (QED) is 0.199. The number of ketones is 1. The number of hydrogen-bond acceptors (Lipinski definition) is 6. The van der Waals surface area contributed by atoms with E-state index in [0.29, 0.717) is 29.9 Å². The molecule has 1 saturated heterocycles. The van der Waals surface area contributed by atoms with Gasteiger partial charge in [0.25, 0.3) is 11.7 Å². The van der Waals surface area contributed by atoms with E-state index < -0.39 is 17.7 Å². The van der Waals surface area contributed by atoms with Crippen LogP contribution in [0.3, 0.4) is 0 Å². The highest BCUT2D eigenvalue weighted by Gasteiger charge is 2.46. The highest BCUT2D eigenvalue weighted by atomic mass is 16.5. The molecule has 1 amide bonds. The topological polar surface area (TPSA) is 89.0 Å². The van der Waals surface area contributed by atoms with Crippen LogP contribution in [0.2, 0.25) is 0 Å². The fourth-order valence-corrected chi connectivity index (χ4v) is 4.91. The van der Waals surface area contributed by atoms with E-state index in [9.17, 15) is 14.7 Å². The fourth-order valence-electron chi connectivity index (χ4n) is 4.91. The molecule has 0 unspecified atom stereocenters. The zero-order chi connectivity index (χ0) is 25.9. The molecule has 37 heavy (non-hydrogen) atoms. The Hall–Kier alpha value is -4.13. The Morgan fingerprint density at radius 3 is 2.73 bits per heavy atom. The summed E-state index contributed by atoms with van der Waals surface area (Å²) in [5.41, 5.74) is 3.05. The number of fused-ring (bicyclic) bond motifs is 1. The van der Waals surface area contributed by atoms with Crippen LogP contribution in [-0.2, 0) is 22.6 Å². The average molecular weight is 499 g/mol. The zero-order valence-electron chi connectivity index (χ0n) is 21.0. The standard InChI is InChI=1S/C30H30N2O5/c1-3-4-14-36-24-7-5-6-21(17-24)27-26(28(33)22-8-9-25-23(16-22)15-19(2)37-25)29(34)30(35)32(27)18-20-10-12-31-13-11-20/h5-13,16-17,19,27,33H,3-4,14-15,18H2,1-2H3/b28-26+/t19-,27+/m1/s1. The molecule has 7 heteroatoms. The van der Waals surface area contributed by atoms with Crippen molar-refractivity contribution in [3.05, 3.63) is 94.8 Å². The summed E-state index contributed by atoms with van der Waals surface area (Å²) >= 11 is 0. The molecular formula is C30H30N2O5. The van der Waals surface area contributed by atoms with Gasteiger partial charge >= 0.3 is 0 Å². The number of nitrogens with zero attached hydrogens (tertiary/aromatic N) is 2. The summed E-state index contributed by atoms with van der Waals surface area (Å²) in [5.74, 6) is -0.127. The summed E-state index contributed by atoms with van der Waals surface area (Å²) < 4.78 is 11.7.